The number of rotatable bonds is 2. The van der Waals surface area contributed by atoms with Crippen molar-refractivity contribution in [3.05, 3.63) is 48.5 Å². The SMILES string of the molecule is c1ccc(Sc2ccc3c(c2)N=[N+]N3)cc1. The van der Waals surface area contributed by atoms with Crippen molar-refractivity contribution in [2.75, 3.05) is 5.43 Å². The van der Waals surface area contributed by atoms with Crippen molar-refractivity contribution in [2.45, 2.75) is 9.79 Å². The molecule has 77 valence electrons. The second-order valence-corrected chi connectivity index (χ2v) is 4.55. The smallest absolute Gasteiger partial charge is 0.0900 e. The second-order valence-electron chi connectivity index (χ2n) is 3.41. The highest BCUT2D eigenvalue weighted by atomic mass is 32.2. The van der Waals surface area contributed by atoms with Crippen molar-refractivity contribution >= 4 is 23.1 Å². The zero-order valence-corrected chi connectivity index (χ0v) is 9.24. The summed E-state index contributed by atoms with van der Waals surface area (Å²) in [6, 6.07) is 16.4. The van der Waals surface area contributed by atoms with Crippen LogP contribution in [-0.2, 0) is 0 Å². The molecule has 0 fully saturated rings. The van der Waals surface area contributed by atoms with Crippen LogP contribution in [0.3, 0.4) is 0 Å². The van der Waals surface area contributed by atoms with Gasteiger partial charge in [0.1, 0.15) is 10.8 Å². The zero-order chi connectivity index (χ0) is 10.8. The summed E-state index contributed by atoms with van der Waals surface area (Å²) in [7, 11) is 0. The van der Waals surface area contributed by atoms with Crippen LogP contribution in [0.2, 0.25) is 0 Å². The van der Waals surface area contributed by atoms with Crippen LogP contribution in [0.15, 0.2) is 63.4 Å². The molecule has 0 aliphatic carbocycles. The quantitative estimate of drug-likeness (QED) is 0.851. The lowest BCUT2D eigenvalue weighted by Gasteiger charge is -2.01. The topological polar surface area (TPSA) is 38.5 Å². The van der Waals surface area contributed by atoms with E-state index in [4.69, 9.17) is 0 Å². The van der Waals surface area contributed by atoms with E-state index in [2.05, 4.69) is 34.0 Å². The minimum absolute atomic E-state index is 0.904. The maximum Gasteiger partial charge on any atom is 0.331 e. The molecule has 0 aromatic heterocycles. The predicted molar refractivity (Wildman–Crippen MR) is 64.9 cm³/mol. The molecule has 3 rings (SSSR count). The van der Waals surface area contributed by atoms with E-state index in [1.165, 1.54) is 9.79 Å². The maximum absolute atomic E-state index is 4.00. The number of fused-ring (bicyclic) bond motifs is 1. The first-order chi connectivity index (χ1) is 7.92. The van der Waals surface area contributed by atoms with Gasteiger partial charge in [-0.05, 0) is 30.3 Å². The van der Waals surface area contributed by atoms with Crippen molar-refractivity contribution < 1.29 is 0 Å². The Hall–Kier alpha value is -1.81. The van der Waals surface area contributed by atoms with Gasteiger partial charge in [-0.1, -0.05) is 35.4 Å². The van der Waals surface area contributed by atoms with Crippen LogP contribution in [0.25, 0.3) is 0 Å². The van der Waals surface area contributed by atoms with Gasteiger partial charge in [-0.25, -0.2) is 0 Å². The van der Waals surface area contributed by atoms with Crippen LogP contribution < -0.4 is 10.6 Å². The summed E-state index contributed by atoms with van der Waals surface area (Å²) in [5.41, 5.74) is 4.71. The van der Waals surface area contributed by atoms with Gasteiger partial charge in [-0.2, -0.15) is 0 Å². The molecule has 3 nitrogen and oxygen atoms in total. The first-order valence-corrected chi connectivity index (χ1v) is 5.77. The average molecular weight is 227 g/mol. The number of hydrogen-bond acceptors (Lipinski definition) is 4. The van der Waals surface area contributed by atoms with Crippen molar-refractivity contribution in [3.8, 4) is 0 Å². The van der Waals surface area contributed by atoms with E-state index in [0.29, 0.717) is 0 Å². The van der Waals surface area contributed by atoms with Gasteiger partial charge in [0.05, 0.1) is 0 Å². The molecule has 1 aliphatic heterocycles. The van der Waals surface area contributed by atoms with E-state index in [9.17, 15) is 0 Å². The standard InChI is InChI=1S/C12H9N3S/c1-2-4-9(5-3-1)16-10-6-7-11-12(8-10)14-15-13-11/h1-8H,(H,13,14)/q+1. The van der Waals surface area contributed by atoms with Crippen molar-refractivity contribution in [1.29, 1.82) is 0 Å². The summed E-state index contributed by atoms with van der Waals surface area (Å²) in [6.45, 7) is 0. The van der Waals surface area contributed by atoms with Crippen LogP contribution in [0.1, 0.15) is 0 Å². The molecule has 0 saturated heterocycles. The van der Waals surface area contributed by atoms with E-state index in [-0.39, 0.29) is 0 Å². The summed E-state index contributed by atoms with van der Waals surface area (Å²) in [6.07, 6.45) is 0. The van der Waals surface area contributed by atoms with Crippen molar-refractivity contribution in [3.63, 3.8) is 0 Å². The Bertz CT molecular complexity index is 537. The molecule has 0 amide bonds. The number of hydrogen-bond donors (Lipinski definition) is 1. The minimum Gasteiger partial charge on any atom is -0.0900 e. The van der Waals surface area contributed by atoms with Gasteiger partial charge in [0, 0.05) is 9.79 Å². The van der Waals surface area contributed by atoms with E-state index >= 15 is 0 Å². The van der Waals surface area contributed by atoms with Crippen LogP contribution in [-0.4, -0.2) is 0 Å². The number of benzene rings is 2. The van der Waals surface area contributed by atoms with Gasteiger partial charge in [-0.15, -0.1) is 0 Å². The predicted octanol–water partition coefficient (Wildman–Crippen LogP) is 3.60. The largest absolute Gasteiger partial charge is 0.331 e. The molecule has 4 heteroatoms. The Morgan fingerprint density at radius 3 is 2.75 bits per heavy atom. The summed E-state index contributed by atoms with van der Waals surface area (Å²) in [4.78, 5) is 2.40. The molecule has 2 aromatic rings. The van der Waals surface area contributed by atoms with Crippen LogP contribution >= 0.6 is 11.8 Å². The summed E-state index contributed by atoms with van der Waals surface area (Å²) in [5.74, 6) is 0. The Labute approximate surface area is 97.6 Å². The molecule has 0 spiro atoms. The molecule has 1 aliphatic rings. The Morgan fingerprint density at radius 1 is 1.00 bits per heavy atom. The Morgan fingerprint density at radius 2 is 1.88 bits per heavy atom. The summed E-state index contributed by atoms with van der Waals surface area (Å²) < 4.78 is 0. The molecule has 0 unspecified atom stereocenters. The lowest BCUT2D eigenvalue weighted by Crippen LogP contribution is -1.90. The Kier molecular flexibility index (Phi) is 2.34. The number of nitrogens with one attached hydrogen (secondary N) is 1. The van der Waals surface area contributed by atoms with Gasteiger partial charge in [0.15, 0.2) is 5.69 Å². The third-order valence-electron chi connectivity index (χ3n) is 2.28. The highest BCUT2D eigenvalue weighted by molar-refractivity contribution is 7.99. The van der Waals surface area contributed by atoms with Gasteiger partial charge >= 0.3 is 5.22 Å². The molecule has 16 heavy (non-hydrogen) atoms. The molecule has 1 N–H and O–H groups in total. The zero-order valence-electron chi connectivity index (χ0n) is 8.42. The molecular weight excluding hydrogens is 218 g/mol. The molecular formula is C12H9N3S+. The van der Waals surface area contributed by atoms with Crippen molar-refractivity contribution in [2.24, 2.45) is 5.11 Å². The number of nitrogens with zero attached hydrogens (tertiary/aromatic N) is 2. The normalized spacial score (nSPS) is 12.2. The summed E-state index contributed by atoms with van der Waals surface area (Å²) in [5, 5.41) is 7.77. The molecule has 1 heterocycles. The lowest BCUT2D eigenvalue weighted by atomic mass is 10.3. The fourth-order valence-electron chi connectivity index (χ4n) is 1.51. The third-order valence-corrected chi connectivity index (χ3v) is 3.27. The average Bonchev–Trinajstić information content (AvgIpc) is 2.77. The first kappa shape index (κ1) is 9.42. The fraction of sp³-hybridized carbons (Fsp3) is 0. The van der Waals surface area contributed by atoms with Crippen molar-refractivity contribution in [1.82, 2.24) is 5.22 Å². The first-order valence-electron chi connectivity index (χ1n) is 4.95. The molecule has 0 atom stereocenters. The lowest BCUT2D eigenvalue weighted by molar-refractivity contribution is 1.06. The molecule has 0 saturated carbocycles. The highest BCUT2D eigenvalue weighted by Crippen LogP contribution is 2.35. The number of anilines is 1. The van der Waals surface area contributed by atoms with E-state index in [1.54, 1.807) is 11.8 Å². The fourth-order valence-corrected chi connectivity index (χ4v) is 2.38. The monoisotopic (exact) mass is 227 g/mol. The van der Waals surface area contributed by atoms with Gasteiger partial charge in [-0.3, -0.25) is 0 Å². The Balaban J connectivity index is 1.88. The minimum atomic E-state index is 0.904. The van der Waals surface area contributed by atoms with E-state index in [1.807, 2.05) is 30.3 Å². The van der Waals surface area contributed by atoms with Gasteiger partial charge < -0.3 is 0 Å². The molecule has 0 bridgehead atoms. The van der Waals surface area contributed by atoms with Crippen LogP contribution in [0.5, 0.6) is 0 Å². The van der Waals surface area contributed by atoms with E-state index < -0.39 is 0 Å². The highest BCUT2D eigenvalue weighted by Gasteiger charge is 2.17. The second kappa shape index (κ2) is 3.98. The van der Waals surface area contributed by atoms with E-state index in [0.717, 1.165) is 11.4 Å². The van der Waals surface area contributed by atoms with Crippen LogP contribution in [0, 0.1) is 0 Å². The molecule has 1 radical (unpaired) electrons. The summed E-state index contributed by atoms with van der Waals surface area (Å²) >= 11 is 1.72. The van der Waals surface area contributed by atoms with Gasteiger partial charge in [0.2, 0.25) is 0 Å². The maximum atomic E-state index is 4.00. The van der Waals surface area contributed by atoms with Crippen LogP contribution in [0.4, 0.5) is 11.4 Å². The third kappa shape index (κ3) is 1.79. The molecule has 2 aromatic carbocycles. The van der Waals surface area contributed by atoms with Gasteiger partial charge in [0.25, 0.3) is 0 Å².